The third-order valence-corrected chi connectivity index (χ3v) is 2.28. The highest BCUT2D eigenvalue weighted by Gasteiger charge is 2.00. The Morgan fingerprint density at radius 2 is 2.12 bits per heavy atom. The Balaban J connectivity index is 2.14. The molecule has 0 saturated heterocycles. The Kier molecular flexibility index (Phi) is 3.37. The van der Waals surface area contributed by atoms with Gasteiger partial charge in [0, 0.05) is 24.2 Å². The second-order valence-electron chi connectivity index (χ2n) is 3.20. The summed E-state index contributed by atoms with van der Waals surface area (Å²) in [6.45, 7) is 0. The smallest absolute Gasteiger partial charge is 0.219 e. The lowest BCUT2D eigenvalue weighted by Crippen LogP contribution is -1.89. The maximum Gasteiger partial charge on any atom is 0.219 e. The van der Waals surface area contributed by atoms with Gasteiger partial charge in [0.25, 0.3) is 0 Å². The van der Waals surface area contributed by atoms with Crippen LogP contribution in [0.5, 0.6) is 11.6 Å². The van der Waals surface area contributed by atoms with Gasteiger partial charge in [0.15, 0.2) is 0 Å². The van der Waals surface area contributed by atoms with Gasteiger partial charge in [0.2, 0.25) is 5.88 Å². The van der Waals surface area contributed by atoms with Crippen LogP contribution < -0.4 is 4.74 Å². The summed E-state index contributed by atoms with van der Waals surface area (Å²) in [7, 11) is 0. The van der Waals surface area contributed by atoms with Gasteiger partial charge in [-0.05, 0) is 17.7 Å². The minimum atomic E-state index is -0.338. The van der Waals surface area contributed by atoms with Gasteiger partial charge in [-0.15, -0.1) is 11.6 Å². The summed E-state index contributed by atoms with van der Waals surface area (Å²) in [6.07, 6.45) is 1.63. The van der Waals surface area contributed by atoms with E-state index >= 15 is 0 Å². The van der Waals surface area contributed by atoms with E-state index in [1.54, 1.807) is 24.4 Å². The summed E-state index contributed by atoms with van der Waals surface area (Å²) < 4.78 is 18.2. The molecule has 0 aliphatic carbocycles. The Morgan fingerprint density at radius 3 is 2.75 bits per heavy atom. The molecule has 16 heavy (non-hydrogen) atoms. The number of pyridine rings is 1. The van der Waals surface area contributed by atoms with E-state index in [1.807, 2.05) is 6.07 Å². The maximum absolute atomic E-state index is 12.9. The van der Waals surface area contributed by atoms with Crippen molar-refractivity contribution in [3.8, 4) is 11.6 Å². The highest BCUT2D eigenvalue weighted by molar-refractivity contribution is 6.17. The number of nitrogens with zero attached hydrogens (tertiary/aromatic N) is 1. The third-order valence-electron chi connectivity index (χ3n) is 1.97. The van der Waals surface area contributed by atoms with Crippen LogP contribution in [-0.2, 0) is 5.88 Å². The molecular formula is C12H9ClFNO. The minimum absolute atomic E-state index is 0.338. The normalized spacial score (nSPS) is 10.1. The van der Waals surface area contributed by atoms with Crippen LogP contribution in [0.3, 0.4) is 0 Å². The second kappa shape index (κ2) is 4.94. The maximum atomic E-state index is 12.9. The summed E-state index contributed by atoms with van der Waals surface area (Å²) in [6, 6.07) is 9.42. The predicted molar refractivity (Wildman–Crippen MR) is 60.3 cm³/mol. The van der Waals surface area contributed by atoms with E-state index in [-0.39, 0.29) is 5.82 Å². The van der Waals surface area contributed by atoms with Gasteiger partial charge >= 0.3 is 0 Å². The first-order valence-corrected chi connectivity index (χ1v) is 5.26. The zero-order valence-electron chi connectivity index (χ0n) is 8.36. The largest absolute Gasteiger partial charge is 0.439 e. The lowest BCUT2D eigenvalue weighted by molar-refractivity contribution is 0.458. The molecular weight excluding hydrogens is 229 g/mol. The quantitative estimate of drug-likeness (QED) is 0.759. The van der Waals surface area contributed by atoms with Crippen LogP contribution in [0.2, 0.25) is 0 Å². The lowest BCUT2D eigenvalue weighted by Gasteiger charge is -2.04. The van der Waals surface area contributed by atoms with Crippen molar-refractivity contribution in [2.24, 2.45) is 0 Å². The van der Waals surface area contributed by atoms with E-state index in [9.17, 15) is 4.39 Å². The number of hydrogen-bond donors (Lipinski definition) is 0. The Hall–Kier alpha value is -1.61. The zero-order chi connectivity index (χ0) is 11.4. The van der Waals surface area contributed by atoms with Crippen LogP contribution in [-0.4, -0.2) is 4.98 Å². The predicted octanol–water partition coefficient (Wildman–Crippen LogP) is 3.75. The van der Waals surface area contributed by atoms with Crippen molar-refractivity contribution < 1.29 is 9.13 Å². The summed E-state index contributed by atoms with van der Waals surface area (Å²) in [5, 5.41) is 0. The van der Waals surface area contributed by atoms with E-state index in [2.05, 4.69) is 4.98 Å². The van der Waals surface area contributed by atoms with Gasteiger partial charge in [-0.2, -0.15) is 0 Å². The van der Waals surface area contributed by atoms with Gasteiger partial charge in [-0.3, -0.25) is 0 Å². The van der Waals surface area contributed by atoms with Crippen LogP contribution in [0.4, 0.5) is 4.39 Å². The van der Waals surface area contributed by atoms with Gasteiger partial charge in [0.1, 0.15) is 11.6 Å². The standard InChI is InChI=1S/C12H9ClFNO/c13-7-9-4-5-12(15-8-9)16-11-3-1-2-10(14)6-11/h1-6,8H,7H2. The Morgan fingerprint density at radius 1 is 1.25 bits per heavy atom. The minimum Gasteiger partial charge on any atom is -0.439 e. The Labute approximate surface area is 97.7 Å². The summed E-state index contributed by atoms with van der Waals surface area (Å²) in [5.41, 5.74) is 0.910. The molecule has 1 heterocycles. The first-order valence-electron chi connectivity index (χ1n) is 4.72. The van der Waals surface area contributed by atoms with E-state index in [1.165, 1.54) is 12.1 Å². The van der Waals surface area contributed by atoms with Crippen molar-refractivity contribution in [3.63, 3.8) is 0 Å². The van der Waals surface area contributed by atoms with Crippen molar-refractivity contribution in [1.82, 2.24) is 4.98 Å². The molecule has 0 bridgehead atoms. The van der Waals surface area contributed by atoms with Gasteiger partial charge in [-0.25, -0.2) is 9.37 Å². The molecule has 0 N–H and O–H groups in total. The molecule has 2 rings (SSSR count). The van der Waals surface area contributed by atoms with Gasteiger partial charge in [-0.1, -0.05) is 12.1 Å². The number of alkyl halides is 1. The van der Waals surface area contributed by atoms with Crippen molar-refractivity contribution in [1.29, 1.82) is 0 Å². The van der Waals surface area contributed by atoms with Gasteiger partial charge < -0.3 is 4.74 Å². The van der Waals surface area contributed by atoms with E-state index in [0.717, 1.165) is 5.56 Å². The van der Waals surface area contributed by atoms with Crippen LogP contribution in [0, 0.1) is 5.82 Å². The fraction of sp³-hybridized carbons (Fsp3) is 0.0833. The van der Waals surface area contributed by atoms with E-state index in [0.29, 0.717) is 17.5 Å². The first kappa shape index (κ1) is 10.9. The third kappa shape index (κ3) is 2.70. The molecule has 2 nitrogen and oxygen atoms in total. The molecule has 82 valence electrons. The van der Waals surface area contributed by atoms with Crippen LogP contribution in [0.1, 0.15) is 5.56 Å². The van der Waals surface area contributed by atoms with Crippen LogP contribution in [0.15, 0.2) is 42.6 Å². The fourth-order valence-corrected chi connectivity index (χ4v) is 1.36. The number of halogens is 2. The summed E-state index contributed by atoms with van der Waals surface area (Å²) >= 11 is 5.63. The molecule has 0 amide bonds. The van der Waals surface area contributed by atoms with Gasteiger partial charge in [0.05, 0.1) is 0 Å². The lowest BCUT2D eigenvalue weighted by atomic mass is 10.3. The molecule has 0 spiro atoms. The molecule has 1 aromatic heterocycles. The van der Waals surface area contributed by atoms with E-state index < -0.39 is 0 Å². The Bertz CT molecular complexity index is 473. The topological polar surface area (TPSA) is 22.1 Å². The van der Waals surface area contributed by atoms with Crippen molar-refractivity contribution in [2.75, 3.05) is 0 Å². The van der Waals surface area contributed by atoms with Crippen LogP contribution >= 0.6 is 11.6 Å². The van der Waals surface area contributed by atoms with Crippen molar-refractivity contribution in [3.05, 3.63) is 54.0 Å². The summed E-state index contributed by atoms with van der Waals surface area (Å²) in [5.74, 6) is 0.910. The molecule has 1 aromatic carbocycles. The molecule has 2 aromatic rings. The molecule has 4 heteroatoms. The number of benzene rings is 1. The highest BCUT2D eigenvalue weighted by Crippen LogP contribution is 2.20. The number of rotatable bonds is 3. The molecule has 0 aliphatic heterocycles. The highest BCUT2D eigenvalue weighted by atomic mass is 35.5. The first-order chi connectivity index (χ1) is 7.78. The molecule has 0 aliphatic rings. The van der Waals surface area contributed by atoms with Crippen molar-refractivity contribution in [2.45, 2.75) is 5.88 Å². The monoisotopic (exact) mass is 237 g/mol. The fourth-order valence-electron chi connectivity index (χ4n) is 1.20. The zero-order valence-corrected chi connectivity index (χ0v) is 9.12. The van der Waals surface area contributed by atoms with Crippen LogP contribution in [0.25, 0.3) is 0 Å². The number of aromatic nitrogens is 1. The SMILES string of the molecule is Fc1cccc(Oc2ccc(CCl)cn2)c1. The molecule has 0 fully saturated rings. The second-order valence-corrected chi connectivity index (χ2v) is 3.47. The number of ether oxygens (including phenoxy) is 1. The molecule has 0 atom stereocenters. The molecule has 0 radical (unpaired) electrons. The molecule has 0 saturated carbocycles. The van der Waals surface area contributed by atoms with E-state index in [4.69, 9.17) is 16.3 Å². The number of hydrogen-bond acceptors (Lipinski definition) is 2. The van der Waals surface area contributed by atoms with Crippen molar-refractivity contribution >= 4 is 11.6 Å². The average molecular weight is 238 g/mol. The average Bonchev–Trinajstić information content (AvgIpc) is 2.30. The molecule has 0 unspecified atom stereocenters. The summed E-state index contributed by atoms with van der Waals surface area (Å²) in [4.78, 5) is 4.05.